The van der Waals surface area contributed by atoms with Crippen LogP contribution in [0.5, 0.6) is 5.75 Å². The van der Waals surface area contributed by atoms with Gasteiger partial charge in [0.2, 0.25) is 10.0 Å². The maximum Gasteiger partial charge on any atom is 0.303 e. The predicted octanol–water partition coefficient (Wildman–Crippen LogP) is 1.17. The van der Waals surface area contributed by atoms with E-state index in [2.05, 4.69) is 4.72 Å². The normalized spacial score (nSPS) is 10.6. The Morgan fingerprint density at radius 2 is 2.20 bits per heavy atom. The minimum atomic E-state index is -3.74. The molecule has 0 spiro atoms. The van der Waals surface area contributed by atoms with Crippen molar-refractivity contribution in [2.75, 3.05) is 17.6 Å². The number of nitrogens with zero attached hydrogens (tertiary/aromatic N) is 1. The van der Waals surface area contributed by atoms with E-state index in [9.17, 15) is 13.2 Å². The van der Waals surface area contributed by atoms with Crippen LogP contribution < -0.4 is 9.46 Å². The highest BCUT2D eigenvalue weighted by Crippen LogP contribution is 2.28. The minimum Gasteiger partial charge on any atom is -0.495 e. The van der Waals surface area contributed by atoms with Gasteiger partial charge >= 0.3 is 5.97 Å². The van der Waals surface area contributed by atoms with Crippen molar-refractivity contribution in [3.05, 3.63) is 23.8 Å². The van der Waals surface area contributed by atoms with Crippen LogP contribution in [0.3, 0.4) is 0 Å². The van der Waals surface area contributed by atoms with Gasteiger partial charge in [0.1, 0.15) is 17.5 Å². The number of para-hydroxylation sites is 1. The highest BCUT2D eigenvalue weighted by Gasteiger charge is 2.17. The van der Waals surface area contributed by atoms with E-state index in [-0.39, 0.29) is 35.6 Å². The number of hydrogen-bond donors (Lipinski definition) is 2. The number of sulfonamides is 1. The lowest BCUT2D eigenvalue weighted by molar-refractivity contribution is -0.137. The predicted molar refractivity (Wildman–Crippen MR) is 72.0 cm³/mol. The number of anilines is 1. The van der Waals surface area contributed by atoms with Crippen LogP contribution in [0.1, 0.15) is 18.4 Å². The zero-order valence-corrected chi connectivity index (χ0v) is 11.6. The average molecular weight is 298 g/mol. The minimum absolute atomic E-state index is 0.0122. The van der Waals surface area contributed by atoms with Gasteiger partial charge in [0.05, 0.1) is 18.4 Å². The molecule has 0 bridgehead atoms. The number of carbonyl (C=O) groups is 1. The Morgan fingerprint density at radius 1 is 1.50 bits per heavy atom. The van der Waals surface area contributed by atoms with Gasteiger partial charge in [0, 0.05) is 6.42 Å². The van der Waals surface area contributed by atoms with E-state index in [0.717, 1.165) is 0 Å². The van der Waals surface area contributed by atoms with E-state index in [1.165, 1.54) is 19.2 Å². The molecule has 1 aromatic rings. The van der Waals surface area contributed by atoms with E-state index in [4.69, 9.17) is 15.1 Å². The van der Waals surface area contributed by atoms with Gasteiger partial charge in [-0.15, -0.1) is 0 Å². The van der Waals surface area contributed by atoms with E-state index in [0.29, 0.717) is 0 Å². The summed E-state index contributed by atoms with van der Waals surface area (Å²) in [4.78, 5) is 10.4. The zero-order valence-electron chi connectivity index (χ0n) is 10.8. The molecule has 2 N–H and O–H groups in total. The molecule has 0 amide bonds. The molecular formula is C12H14N2O5S. The molecule has 0 aliphatic rings. The molecule has 20 heavy (non-hydrogen) atoms. The van der Waals surface area contributed by atoms with Gasteiger partial charge in [-0.05, 0) is 18.6 Å². The Balaban J connectivity index is 2.92. The van der Waals surface area contributed by atoms with Gasteiger partial charge in [0.15, 0.2) is 0 Å². The second-order valence-electron chi connectivity index (χ2n) is 3.91. The first-order valence-corrected chi connectivity index (χ1v) is 7.34. The highest BCUT2D eigenvalue weighted by molar-refractivity contribution is 7.92. The molecule has 0 aliphatic heterocycles. The standard InChI is InChI=1S/C12H14N2O5S/c1-19-10-5-2-4-9(8-13)12(10)14-20(17,18)7-3-6-11(15)16/h2,4-5,14H,3,6-7H2,1H3,(H,15,16). The van der Waals surface area contributed by atoms with Crippen molar-refractivity contribution in [1.82, 2.24) is 0 Å². The van der Waals surface area contributed by atoms with Gasteiger partial charge in [0.25, 0.3) is 0 Å². The fourth-order valence-electron chi connectivity index (χ4n) is 1.52. The smallest absolute Gasteiger partial charge is 0.303 e. The SMILES string of the molecule is COc1cccc(C#N)c1NS(=O)(=O)CCCC(=O)O. The molecule has 8 heteroatoms. The third-order valence-electron chi connectivity index (χ3n) is 2.43. The Morgan fingerprint density at radius 3 is 2.75 bits per heavy atom. The Kier molecular flexibility index (Phi) is 5.34. The number of aliphatic carboxylic acids is 1. The second-order valence-corrected chi connectivity index (χ2v) is 5.75. The third-order valence-corrected chi connectivity index (χ3v) is 3.77. The molecule has 0 fully saturated rings. The summed E-state index contributed by atoms with van der Waals surface area (Å²) in [5, 5.41) is 17.5. The van der Waals surface area contributed by atoms with Crippen LogP contribution in [0, 0.1) is 11.3 Å². The van der Waals surface area contributed by atoms with Crippen LogP contribution in [-0.2, 0) is 14.8 Å². The van der Waals surface area contributed by atoms with Crippen LogP contribution in [0.4, 0.5) is 5.69 Å². The maximum atomic E-state index is 11.8. The molecule has 0 heterocycles. The topological polar surface area (TPSA) is 116 Å². The molecular weight excluding hydrogens is 284 g/mol. The van der Waals surface area contributed by atoms with Crippen LogP contribution >= 0.6 is 0 Å². The molecule has 7 nitrogen and oxygen atoms in total. The lowest BCUT2D eigenvalue weighted by Crippen LogP contribution is -2.18. The number of rotatable bonds is 7. The van der Waals surface area contributed by atoms with Crippen molar-refractivity contribution in [2.24, 2.45) is 0 Å². The first kappa shape index (κ1) is 15.8. The van der Waals surface area contributed by atoms with Crippen molar-refractivity contribution in [3.63, 3.8) is 0 Å². The summed E-state index contributed by atoms with van der Waals surface area (Å²) < 4.78 is 31.0. The summed E-state index contributed by atoms with van der Waals surface area (Å²) in [7, 11) is -2.38. The number of nitriles is 1. The Hall–Kier alpha value is -2.27. The van der Waals surface area contributed by atoms with Crippen LogP contribution in [0.25, 0.3) is 0 Å². The number of methoxy groups -OCH3 is 1. The number of nitrogens with one attached hydrogen (secondary N) is 1. The van der Waals surface area contributed by atoms with Crippen LogP contribution in [0.15, 0.2) is 18.2 Å². The van der Waals surface area contributed by atoms with Gasteiger partial charge in [-0.25, -0.2) is 8.42 Å². The molecule has 0 saturated heterocycles. The van der Waals surface area contributed by atoms with Crippen molar-refractivity contribution in [1.29, 1.82) is 5.26 Å². The third kappa shape index (κ3) is 4.44. The van der Waals surface area contributed by atoms with Crippen molar-refractivity contribution in [2.45, 2.75) is 12.8 Å². The molecule has 0 atom stereocenters. The first-order valence-electron chi connectivity index (χ1n) is 5.69. The fourth-order valence-corrected chi connectivity index (χ4v) is 2.67. The monoisotopic (exact) mass is 298 g/mol. The van der Waals surface area contributed by atoms with Gasteiger partial charge < -0.3 is 9.84 Å². The number of ether oxygens (including phenoxy) is 1. The first-order chi connectivity index (χ1) is 9.39. The zero-order chi connectivity index (χ0) is 15.2. The van der Waals surface area contributed by atoms with Crippen molar-refractivity contribution in [3.8, 4) is 11.8 Å². The van der Waals surface area contributed by atoms with E-state index in [1.807, 2.05) is 6.07 Å². The summed E-state index contributed by atoms with van der Waals surface area (Å²) in [6, 6.07) is 6.41. The summed E-state index contributed by atoms with van der Waals surface area (Å²) in [5.41, 5.74) is 0.194. The Bertz CT molecular complexity index is 634. The number of hydrogen-bond acceptors (Lipinski definition) is 5. The molecule has 108 valence electrons. The van der Waals surface area contributed by atoms with E-state index >= 15 is 0 Å². The van der Waals surface area contributed by atoms with E-state index in [1.54, 1.807) is 6.07 Å². The average Bonchev–Trinajstić information content (AvgIpc) is 2.37. The summed E-state index contributed by atoms with van der Waals surface area (Å²) in [6.45, 7) is 0. The molecule has 1 rings (SSSR count). The largest absolute Gasteiger partial charge is 0.495 e. The quantitative estimate of drug-likeness (QED) is 0.780. The summed E-state index contributed by atoms with van der Waals surface area (Å²) in [5.74, 6) is -1.18. The lowest BCUT2D eigenvalue weighted by Gasteiger charge is -2.12. The van der Waals surface area contributed by atoms with Crippen molar-refractivity contribution >= 4 is 21.7 Å². The molecule has 0 unspecified atom stereocenters. The number of carboxylic acids is 1. The number of benzene rings is 1. The summed E-state index contributed by atoms with van der Waals surface area (Å²) in [6.07, 6.45) is -0.250. The van der Waals surface area contributed by atoms with Gasteiger partial charge in [-0.3, -0.25) is 9.52 Å². The maximum absolute atomic E-state index is 11.8. The van der Waals surface area contributed by atoms with Crippen LogP contribution in [-0.4, -0.2) is 32.4 Å². The molecule has 0 radical (unpaired) electrons. The van der Waals surface area contributed by atoms with Crippen molar-refractivity contribution < 1.29 is 23.1 Å². The van der Waals surface area contributed by atoms with E-state index < -0.39 is 16.0 Å². The fraction of sp³-hybridized carbons (Fsp3) is 0.333. The Labute approximate surface area is 116 Å². The van der Waals surface area contributed by atoms with Gasteiger partial charge in [-0.2, -0.15) is 5.26 Å². The molecule has 0 aliphatic carbocycles. The molecule has 0 saturated carbocycles. The second kappa shape index (κ2) is 6.77. The van der Waals surface area contributed by atoms with Crippen LogP contribution in [0.2, 0.25) is 0 Å². The molecule has 0 aromatic heterocycles. The van der Waals surface area contributed by atoms with Gasteiger partial charge in [-0.1, -0.05) is 6.07 Å². The lowest BCUT2D eigenvalue weighted by atomic mass is 10.2. The molecule has 1 aromatic carbocycles. The highest BCUT2D eigenvalue weighted by atomic mass is 32.2. The number of carboxylic acid groups (broad SMARTS) is 1. The summed E-state index contributed by atoms with van der Waals surface area (Å²) >= 11 is 0.